The number of rotatable bonds is 5. The van der Waals surface area contributed by atoms with Crippen LogP contribution in [0, 0.1) is 0 Å². The van der Waals surface area contributed by atoms with Crippen molar-refractivity contribution in [3.8, 4) is 11.6 Å². The van der Waals surface area contributed by atoms with E-state index in [0.717, 1.165) is 5.16 Å². The zero-order valence-corrected chi connectivity index (χ0v) is 15.0. The minimum absolute atomic E-state index is 0.0764. The monoisotopic (exact) mass is 350 g/mol. The lowest BCUT2D eigenvalue weighted by Crippen LogP contribution is -2.48. The van der Waals surface area contributed by atoms with E-state index in [1.165, 1.54) is 11.8 Å². The highest BCUT2D eigenvalue weighted by molar-refractivity contribution is 7.99. The Bertz CT molecular complexity index is 676. The Hall–Kier alpha value is -1.80. The number of nitrogens with zero attached hydrogens (tertiary/aromatic N) is 4. The van der Waals surface area contributed by atoms with Gasteiger partial charge in [-0.15, -0.1) is 10.2 Å². The van der Waals surface area contributed by atoms with Gasteiger partial charge in [0.15, 0.2) is 16.7 Å². The minimum atomic E-state index is 0.0764. The van der Waals surface area contributed by atoms with E-state index in [2.05, 4.69) is 10.2 Å². The number of hydrogen-bond acceptors (Lipinski definition) is 6. The molecule has 1 saturated heterocycles. The molecule has 0 bridgehead atoms. The Labute approximate surface area is 145 Å². The summed E-state index contributed by atoms with van der Waals surface area (Å²) in [6, 6.07) is 3.67. The van der Waals surface area contributed by atoms with Crippen LogP contribution in [0.25, 0.3) is 11.6 Å². The van der Waals surface area contributed by atoms with Gasteiger partial charge in [0, 0.05) is 19.6 Å². The van der Waals surface area contributed by atoms with Crippen molar-refractivity contribution in [1.29, 1.82) is 0 Å². The SMILES string of the molecule is CCn1c(SCC(=O)N2CC(C)OC(C)C2)nnc1-c1ccco1. The molecule has 0 aromatic carbocycles. The average molecular weight is 350 g/mol. The predicted octanol–water partition coefficient (Wildman–Crippen LogP) is 2.29. The van der Waals surface area contributed by atoms with Gasteiger partial charge in [0.1, 0.15) is 0 Å². The molecule has 0 aliphatic carbocycles. The Morgan fingerprint density at radius 2 is 2.08 bits per heavy atom. The molecule has 7 nitrogen and oxygen atoms in total. The lowest BCUT2D eigenvalue weighted by molar-refractivity contribution is -0.140. The maximum absolute atomic E-state index is 12.5. The minimum Gasteiger partial charge on any atom is -0.461 e. The molecule has 3 rings (SSSR count). The van der Waals surface area contributed by atoms with Gasteiger partial charge in [-0.05, 0) is 32.9 Å². The molecular weight excluding hydrogens is 328 g/mol. The third-order valence-corrected chi connectivity index (χ3v) is 4.82. The van der Waals surface area contributed by atoms with Crippen LogP contribution in [0.3, 0.4) is 0 Å². The quantitative estimate of drug-likeness (QED) is 0.770. The van der Waals surface area contributed by atoms with E-state index in [9.17, 15) is 4.79 Å². The number of carbonyl (C=O) groups is 1. The number of hydrogen-bond donors (Lipinski definition) is 0. The third-order valence-electron chi connectivity index (χ3n) is 3.87. The maximum atomic E-state index is 12.5. The van der Waals surface area contributed by atoms with E-state index >= 15 is 0 Å². The van der Waals surface area contributed by atoms with Crippen molar-refractivity contribution in [3.05, 3.63) is 18.4 Å². The summed E-state index contributed by atoms with van der Waals surface area (Å²) < 4.78 is 13.0. The largest absolute Gasteiger partial charge is 0.461 e. The first-order valence-corrected chi connectivity index (χ1v) is 9.10. The molecule has 0 saturated carbocycles. The smallest absolute Gasteiger partial charge is 0.233 e. The molecule has 2 aromatic heterocycles. The van der Waals surface area contributed by atoms with Gasteiger partial charge in [0.2, 0.25) is 5.91 Å². The molecule has 2 unspecified atom stereocenters. The first-order chi connectivity index (χ1) is 11.6. The van der Waals surface area contributed by atoms with Crippen LogP contribution < -0.4 is 0 Å². The van der Waals surface area contributed by atoms with E-state index in [-0.39, 0.29) is 18.1 Å². The number of ether oxygens (including phenoxy) is 1. The van der Waals surface area contributed by atoms with Crippen LogP contribution in [-0.4, -0.2) is 56.6 Å². The van der Waals surface area contributed by atoms with Crippen molar-refractivity contribution in [1.82, 2.24) is 19.7 Å². The van der Waals surface area contributed by atoms with Crippen molar-refractivity contribution in [3.63, 3.8) is 0 Å². The normalized spacial score (nSPS) is 21.2. The molecule has 0 radical (unpaired) electrons. The molecular formula is C16H22N4O3S. The predicted molar refractivity (Wildman–Crippen MR) is 90.7 cm³/mol. The van der Waals surface area contributed by atoms with E-state index < -0.39 is 0 Å². The molecule has 8 heteroatoms. The second-order valence-corrected chi connectivity index (χ2v) is 6.81. The lowest BCUT2D eigenvalue weighted by atomic mass is 10.2. The number of carbonyl (C=O) groups excluding carboxylic acids is 1. The molecule has 2 atom stereocenters. The van der Waals surface area contributed by atoms with Crippen molar-refractivity contribution < 1.29 is 13.9 Å². The summed E-state index contributed by atoms with van der Waals surface area (Å²) in [6.45, 7) is 8.00. The van der Waals surface area contributed by atoms with Gasteiger partial charge in [-0.1, -0.05) is 11.8 Å². The molecule has 3 heterocycles. The Balaban J connectivity index is 1.65. The standard InChI is InChI=1S/C16H22N4O3S/c1-4-20-15(13-6-5-7-22-13)17-18-16(20)24-10-14(21)19-8-11(2)23-12(3)9-19/h5-7,11-12H,4,8-10H2,1-3H3. The summed E-state index contributed by atoms with van der Waals surface area (Å²) in [4.78, 5) is 14.3. The second-order valence-electron chi connectivity index (χ2n) is 5.87. The van der Waals surface area contributed by atoms with E-state index in [1.54, 1.807) is 6.26 Å². The van der Waals surface area contributed by atoms with Crippen molar-refractivity contribution >= 4 is 17.7 Å². The average Bonchev–Trinajstić information content (AvgIpc) is 3.20. The first-order valence-electron chi connectivity index (χ1n) is 8.11. The number of amides is 1. The number of thioether (sulfide) groups is 1. The van der Waals surface area contributed by atoms with Crippen LogP contribution >= 0.6 is 11.8 Å². The van der Waals surface area contributed by atoms with E-state index in [4.69, 9.17) is 9.15 Å². The van der Waals surface area contributed by atoms with Crippen LogP contribution in [0.2, 0.25) is 0 Å². The second kappa shape index (κ2) is 7.40. The molecule has 1 aliphatic rings. The first kappa shape index (κ1) is 17.0. The highest BCUT2D eigenvalue weighted by Crippen LogP contribution is 2.24. The molecule has 1 aliphatic heterocycles. The highest BCUT2D eigenvalue weighted by atomic mass is 32.2. The Morgan fingerprint density at radius 3 is 2.71 bits per heavy atom. The van der Waals surface area contributed by atoms with Gasteiger partial charge in [0.05, 0.1) is 24.2 Å². The van der Waals surface area contributed by atoms with Gasteiger partial charge in [-0.2, -0.15) is 0 Å². The number of furan rings is 1. The summed E-state index contributed by atoms with van der Waals surface area (Å²) in [7, 11) is 0. The molecule has 1 amide bonds. The van der Waals surface area contributed by atoms with Crippen LogP contribution in [0.1, 0.15) is 20.8 Å². The summed E-state index contributed by atoms with van der Waals surface area (Å²) in [5, 5.41) is 9.14. The number of morpholine rings is 1. The van der Waals surface area contributed by atoms with Crippen molar-refractivity contribution in [2.45, 2.75) is 44.7 Å². The van der Waals surface area contributed by atoms with Gasteiger partial charge in [0.25, 0.3) is 0 Å². The summed E-state index contributed by atoms with van der Waals surface area (Å²) in [6.07, 6.45) is 1.77. The van der Waals surface area contributed by atoms with Gasteiger partial charge < -0.3 is 14.1 Å². The highest BCUT2D eigenvalue weighted by Gasteiger charge is 2.26. The zero-order chi connectivity index (χ0) is 17.1. The zero-order valence-electron chi connectivity index (χ0n) is 14.1. The molecule has 0 spiro atoms. The van der Waals surface area contributed by atoms with Crippen LogP contribution in [0.15, 0.2) is 28.0 Å². The van der Waals surface area contributed by atoms with Gasteiger partial charge in [-0.3, -0.25) is 9.36 Å². The van der Waals surface area contributed by atoms with Gasteiger partial charge in [-0.25, -0.2) is 0 Å². The van der Waals surface area contributed by atoms with Crippen molar-refractivity contribution in [2.75, 3.05) is 18.8 Å². The molecule has 1 fully saturated rings. The Morgan fingerprint density at radius 1 is 1.33 bits per heavy atom. The lowest BCUT2D eigenvalue weighted by Gasteiger charge is -2.35. The summed E-state index contributed by atoms with van der Waals surface area (Å²) in [5.74, 6) is 1.81. The van der Waals surface area contributed by atoms with Crippen LogP contribution in [0.5, 0.6) is 0 Å². The van der Waals surface area contributed by atoms with Crippen LogP contribution in [-0.2, 0) is 16.1 Å². The fourth-order valence-electron chi connectivity index (χ4n) is 2.87. The topological polar surface area (TPSA) is 73.4 Å². The molecule has 2 aromatic rings. The Kier molecular flexibility index (Phi) is 5.25. The van der Waals surface area contributed by atoms with Crippen LogP contribution in [0.4, 0.5) is 0 Å². The molecule has 0 N–H and O–H groups in total. The summed E-state index contributed by atoms with van der Waals surface area (Å²) >= 11 is 1.41. The number of aromatic nitrogens is 3. The molecule has 24 heavy (non-hydrogen) atoms. The van der Waals surface area contributed by atoms with Gasteiger partial charge >= 0.3 is 0 Å². The summed E-state index contributed by atoms with van der Waals surface area (Å²) in [5.41, 5.74) is 0. The maximum Gasteiger partial charge on any atom is 0.233 e. The van der Waals surface area contributed by atoms with E-state index in [0.29, 0.717) is 37.0 Å². The van der Waals surface area contributed by atoms with E-state index in [1.807, 2.05) is 42.4 Å². The fourth-order valence-corrected chi connectivity index (χ4v) is 3.77. The van der Waals surface area contributed by atoms with Crippen molar-refractivity contribution in [2.24, 2.45) is 0 Å². The molecule has 130 valence electrons. The fraction of sp³-hybridized carbons (Fsp3) is 0.562. The third kappa shape index (κ3) is 3.64.